The first-order valence-electron chi connectivity index (χ1n) is 10.1. The Balaban J connectivity index is 1.43. The van der Waals surface area contributed by atoms with Crippen LogP contribution in [0.25, 0.3) is 0 Å². The predicted molar refractivity (Wildman–Crippen MR) is 124 cm³/mol. The summed E-state index contributed by atoms with van der Waals surface area (Å²) in [6.07, 6.45) is 4.05. The average Bonchev–Trinajstić information content (AvgIpc) is 2.79. The lowest BCUT2D eigenvalue weighted by Gasteiger charge is -2.09. The first-order valence-corrected chi connectivity index (χ1v) is 10.1. The average molecular weight is 415 g/mol. The SMILES string of the molecule is C=CCc1ccccc1OCC(=O)NN=Cc1ccc(OCc2ccc(C)cc2)cc1. The lowest BCUT2D eigenvalue weighted by Crippen LogP contribution is -2.24. The Bertz CT molecular complexity index is 1030. The summed E-state index contributed by atoms with van der Waals surface area (Å²) in [6, 6.07) is 23.3. The Morgan fingerprint density at radius 2 is 1.74 bits per heavy atom. The van der Waals surface area contributed by atoms with Gasteiger partial charge in [0, 0.05) is 0 Å². The molecule has 0 aliphatic rings. The molecule has 0 heterocycles. The van der Waals surface area contributed by atoms with Gasteiger partial charge in [0.25, 0.3) is 5.91 Å². The third kappa shape index (κ3) is 7.16. The molecule has 0 aliphatic heterocycles. The number of hydrogen-bond acceptors (Lipinski definition) is 4. The molecule has 0 saturated carbocycles. The number of benzene rings is 3. The Labute approximate surface area is 183 Å². The number of hydrazone groups is 1. The van der Waals surface area contributed by atoms with Gasteiger partial charge in [0.15, 0.2) is 6.61 Å². The molecule has 3 rings (SSSR count). The van der Waals surface area contributed by atoms with Gasteiger partial charge in [-0.05, 0) is 60.4 Å². The fourth-order valence-corrected chi connectivity index (χ4v) is 2.82. The first-order chi connectivity index (χ1) is 15.1. The molecule has 0 spiro atoms. The van der Waals surface area contributed by atoms with Crippen molar-refractivity contribution >= 4 is 12.1 Å². The third-order valence-electron chi connectivity index (χ3n) is 4.50. The van der Waals surface area contributed by atoms with Gasteiger partial charge in [0.05, 0.1) is 6.21 Å². The zero-order chi connectivity index (χ0) is 21.9. The lowest BCUT2D eigenvalue weighted by atomic mass is 10.1. The fourth-order valence-electron chi connectivity index (χ4n) is 2.82. The molecule has 0 fully saturated rings. The molecule has 0 aliphatic carbocycles. The number of carbonyl (C=O) groups excluding carboxylic acids is 1. The Morgan fingerprint density at radius 1 is 1.00 bits per heavy atom. The maximum absolute atomic E-state index is 12.0. The highest BCUT2D eigenvalue weighted by Crippen LogP contribution is 2.18. The van der Waals surface area contributed by atoms with Crippen LogP contribution in [-0.4, -0.2) is 18.7 Å². The second-order valence-corrected chi connectivity index (χ2v) is 7.03. The zero-order valence-corrected chi connectivity index (χ0v) is 17.6. The van der Waals surface area contributed by atoms with Gasteiger partial charge >= 0.3 is 0 Å². The van der Waals surface area contributed by atoms with Crippen LogP contribution in [0, 0.1) is 6.92 Å². The quantitative estimate of drug-likeness (QED) is 0.294. The van der Waals surface area contributed by atoms with Crippen molar-refractivity contribution in [3.05, 3.63) is 108 Å². The van der Waals surface area contributed by atoms with Crippen LogP contribution in [0.15, 0.2) is 90.6 Å². The van der Waals surface area contributed by atoms with Crippen LogP contribution in [0.2, 0.25) is 0 Å². The van der Waals surface area contributed by atoms with E-state index in [4.69, 9.17) is 9.47 Å². The summed E-state index contributed by atoms with van der Waals surface area (Å²) in [5.74, 6) is 1.11. The van der Waals surface area contributed by atoms with Gasteiger partial charge in [0.1, 0.15) is 18.1 Å². The number of nitrogens with zero attached hydrogens (tertiary/aromatic N) is 1. The molecule has 158 valence electrons. The maximum atomic E-state index is 12.0. The summed E-state index contributed by atoms with van der Waals surface area (Å²) in [7, 11) is 0. The summed E-state index contributed by atoms with van der Waals surface area (Å²) in [6.45, 7) is 6.19. The van der Waals surface area contributed by atoms with Crippen LogP contribution in [0.4, 0.5) is 0 Å². The number of rotatable bonds is 10. The van der Waals surface area contributed by atoms with Gasteiger partial charge in [-0.15, -0.1) is 6.58 Å². The molecule has 0 saturated heterocycles. The van der Waals surface area contributed by atoms with Crippen molar-refractivity contribution in [3.8, 4) is 11.5 Å². The highest BCUT2D eigenvalue weighted by Gasteiger charge is 2.05. The number of ether oxygens (including phenoxy) is 2. The molecule has 3 aromatic carbocycles. The van der Waals surface area contributed by atoms with Gasteiger partial charge in [-0.1, -0.05) is 54.1 Å². The largest absolute Gasteiger partial charge is 0.489 e. The zero-order valence-electron chi connectivity index (χ0n) is 17.6. The van der Waals surface area contributed by atoms with Gasteiger partial charge < -0.3 is 9.47 Å². The Kier molecular flexibility index (Phi) is 8.00. The van der Waals surface area contributed by atoms with E-state index in [1.54, 1.807) is 12.3 Å². The van der Waals surface area contributed by atoms with Gasteiger partial charge in [-0.2, -0.15) is 5.10 Å². The van der Waals surface area contributed by atoms with Crippen molar-refractivity contribution < 1.29 is 14.3 Å². The third-order valence-corrected chi connectivity index (χ3v) is 4.50. The number of aryl methyl sites for hydroxylation is 1. The molecule has 0 bridgehead atoms. The van der Waals surface area contributed by atoms with Crippen LogP contribution in [0.5, 0.6) is 11.5 Å². The van der Waals surface area contributed by atoms with E-state index in [-0.39, 0.29) is 12.5 Å². The molecule has 31 heavy (non-hydrogen) atoms. The smallest absolute Gasteiger partial charge is 0.277 e. The summed E-state index contributed by atoms with van der Waals surface area (Å²) >= 11 is 0. The monoisotopic (exact) mass is 414 g/mol. The van der Waals surface area contributed by atoms with Crippen molar-refractivity contribution in [2.24, 2.45) is 5.10 Å². The van der Waals surface area contributed by atoms with Crippen molar-refractivity contribution in [1.82, 2.24) is 5.43 Å². The number of carbonyl (C=O) groups is 1. The minimum absolute atomic E-state index is 0.114. The molecular formula is C26H26N2O3. The molecule has 0 unspecified atom stereocenters. The van der Waals surface area contributed by atoms with E-state index in [9.17, 15) is 4.79 Å². The molecule has 1 N–H and O–H groups in total. The molecular weight excluding hydrogens is 388 g/mol. The van der Waals surface area contributed by atoms with E-state index in [2.05, 4.69) is 48.3 Å². The summed E-state index contributed by atoms with van der Waals surface area (Å²) < 4.78 is 11.4. The highest BCUT2D eigenvalue weighted by atomic mass is 16.5. The van der Waals surface area contributed by atoms with Crippen molar-refractivity contribution in [1.29, 1.82) is 0 Å². The minimum Gasteiger partial charge on any atom is -0.489 e. The number of amides is 1. The Morgan fingerprint density at radius 3 is 2.48 bits per heavy atom. The summed E-state index contributed by atoms with van der Waals surface area (Å²) in [5.41, 5.74) is 6.65. The minimum atomic E-state index is -0.331. The van der Waals surface area contributed by atoms with Gasteiger partial charge in [-0.3, -0.25) is 4.79 Å². The topological polar surface area (TPSA) is 59.9 Å². The number of allylic oxidation sites excluding steroid dienone is 1. The molecule has 1 amide bonds. The van der Waals surface area contributed by atoms with E-state index in [0.29, 0.717) is 18.8 Å². The summed E-state index contributed by atoms with van der Waals surface area (Å²) in [4.78, 5) is 12.0. The number of hydrogen-bond donors (Lipinski definition) is 1. The molecule has 0 aromatic heterocycles. The highest BCUT2D eigenvalue weighted by molar-refractivity contribution is 5.83. The van der Waals surface area contributed by atoms with E-state index >= 15 is 0 Å². The van der Waals surface area contributed by atoms with E-state index < -0.39 is 0 Å². The van der Waals surface area contributed by atoms with E-state index in [0.717, 1.165) is 22.4 Å². The first kappa shape index (κ1) is 21.8. The van der Waals surface area contributed by atoms with E-state index in [1.165, 1.54) is 5.56 Å². The molecule has 0 atom stereocenters. The second-order valence-electron chi connectivity index (χ2n) is 7.03. The fraction of sp³-hybridized carbons (Fsp3) is 0.154. The normalized spacial score (nSPS) is 10.6. The maximum Gasteiger partial charge on any atom is 0.277 e. The predicted octanol–water partition coefficient (Wildman–Crippen LogP) is 4.83. The molecule has 3 aromatic rings. The van der Waals surface area contributed by atoms with E-state index in [1.807, 2.05) is 48.5 Å². The van der Waals surface area contributed by atoms with Gasteiger partial charge in [0.2, 0.25) is 0 Å². The standard InChI is InChI=1S/C26H26N2O3/c1-3-6-23-7-4-5-8-25(23)31-19-26(29)28-27-17-21-13-15-24(16-14-21)30-18-22-11-9-20(2)10-12-22/h3-5,7-17H,1,6,18-19H2,2H3,(H,28,29). The van der Waals surface area contributed by atoms with Crippen LogP contribution in [0.3, 0.4) is 0 Å². The van der Waals surface area contributed by atoms with Crippen molar-refractivity contribution in [2.45, 2.75) is 20.0 Å². The van der Waals surface area contributed by atoms with Crippen molar-refractivity contribution in [2.75, 3.05) is 6.61 Å². The lowest BCUT2D eigenvalue weighted by molar-refractivity contribution is -0.123. The Hall–Kier alpha value is -3.86. The molecule has 5 heteroatoms. The number of para-hydroxylation sites is 1. The second kappa shape index (κ2) is 11.4. The van der Waals surface area contributed by atoms with Crippen LogP contribution in [-0.2, 0) is 17.8 Å². The van der Waals surface area contributed by atoms with Crippen molar-refractivity contribution in [3.63, 3.8) is 0 Å². The summed E-state index contributed by atoms with van der Waals surface area (Å²) in [5, 5.41) is 3.98. The molecule has 0 radical (unpaired) electrons. The van der Waals surface area contributed by atoms with Crippen LogP contribution in [0.1, 0.15) is 22.3 Å². The van der Waals surface area contributed by atoms with Crippen LogP contribution >= 0.6 is 0 Å². The number of nitrogens with one attached hydrogen (secondary N) is 1. The van der Waals surface area contributed by atoms with Crippen LogP contribution < -0.4 is 14.9 Å². The molecule has 5 nitrogen and oxygen atoms in total. The van der Waals surface area contributed by atoms with Gasteiger partial charge in [-0.25, -0.2) is 5.43 Å².